The molecule has 0 fully saturated rings. The lowest BCUT2D eigenvalue weighted by molar-refractivity contribution is 0.0935. The van der Waals surface area contributed by atoms with E-state index in [4.69, 9.17) is 4.74 Å². The van der Waals surface area contributed by atoms with E-state index < -0.39 is 0 Å². The molecule has 0 aliphatic carbocycles. The quantitative estimate of drug-likeness (QED) is 0.846. The lowest BCUT2D eigenvalue weighted by Gasteiger charge is -2.29. The highest BCUT2D eigenvalue weighted by Gasteiger charge is 2.25. The minimum atomic E-state index is -0.312. The number of carbonyl (C=O) groups excluding carboxylic acids is 1. The van der Waals surface area contributed by atoms with E-state index >= 15 is 0 Å². The molecule has 1 aliphatic rings. The van der Waals surface area contributed by atoms with Crippen LogP contribution in [0, 0.1) is 0 Å². The number of nitrogens with one attached hydrogen (secondary N) is 2. The molecule has 4 heteroatoms. The zero-order valence-corrected chi connectivity index (χ0v) is 11.5. The van der Waals surface area contributed by atoms with E-state index in [2.05, 4.69) is 17.2 Å². The van der Waals surface area contributed by atoms with E-state index in [9.17, 15) is 4.79 Å². The maximum atomic E-state index is 12.2. The minimum absolute atomic E-state index is 0.0899. The number of hydrogen-bond donors (Lipinski definition) is 2. The van der Waals surface area contributed by atoms with Gasteiger partial charge in [-0.2, -0.15) is 0 Å². The summed E-state index contributed by atoms with van der Waals surface area (Å²) in [6.45, 7) is 4.07. The third-order valence-corrected chi connectivity index (χ3v) is 3.33. The fourth-order valence-electron chi connectivity index (χ4n) is 2.36. The van der Waals surface area contributed by atoms with E-state index in [0.717, 1.165) is 17.0 Å². The van der Waals surface area contributed by atoms with Crippen LogP contribution in [0.1, 0.15) is 22.1 Å². The summed E-state index contributed by atoms with van der Waals surface area (Å²) >= 11 is 0. The molecular weight excluding hydrogens is 264 g/mol. The molecule has 106 valence electrons. The van der Waals surface area contributed by atoms with E-state index in [1.165, 1.54) is 0 Å². The van der Waals surface area contributed by atoms with Gasteiger partial charge in [0, 0.05) is 11.3 Å². The number of hydrogen-bond acceptors (Lipinski definition) is 3. The molecule has 2 aromatic rings. The predicted octanol–water partition coefficient (Wildman–Crippen LogP) is 3.11. The Morgan fingerprint density at radius 3 is 2.71 bits per heavy atom. The fraction of sp³-hybridized carbons (Fsp3) is 0.118. The van der Waals surface area contributed by atoms with Gasteiger partial charge in [-0.25, -0.2) is 0 Å². The molecule has 21 heavy (non-hydrogen) atoms. The van der Waals surface area contributed by atoms with Crippen LogP contribution >= 0.6 is 0 Å². The third-order valence-electron chi connectivity index (χ3n) is 3.33. The average Bonchev–Trinajstić information content (AvgIpc) is 2.53. The van der Waals surface area contributed by atoms with Gasteiger partial charge in [0.2, 0.25) is 0 Å². The van der Waals surface area contributed by atoms with Gasteiger partial charge in [0.25, 0.3) is 5.91 Å². The Morgan fingerprint density at radius 1 is 1.10 bits per heavy atom. The van der Waals surface area contributed by atoms with E-state index in [0.29, 0.717) is 12.2 Å². The van der Waals surface area contributed by atoms with Gasteiger partial charge in [0.1, 0.15) is 18.5 Å². The third kappa shape index (κ3) is 2.60. The second-order valence-corrected chi connectivity index (χ2v) is 4.73. The molecule has 3 rings (SSSR count). The predicted molar refractivity (Wildman–Crippen MR) is 82.4 cm³/mol. The monoisotopic (exact) mass is 280 g/mol. The SMILES string of the molecule is C=CCOc1ccccc1[C@@H]1NC(=O)c2ccccc2N1. The van der Waals surface area contributed by atoms with Crippen molar-refractivity contribution in [3.05, 3.63) is 72.3 Å². The Labute approximate surface area is 123 Å². The van der Waals surface area contributed by atoms with Crippen molar-refractivity contribution in [3.8, 4) is 5.75 Å². The van der Waals surface area contributed by atoms with Crippen LogP contribution in [0.4, 0.5) is 5.69 Å². The number of rotatable bonds is 4. The second kappa shape index (κ2) is 5.71. The van der Waals surface area contributed by atoms with Gasteiger partial charge in [-0.3, -0.25) is 4.79 Å². The maximum Gasteiger partial charge on any atom is 0.255 e. The summed E-state index contributed by atoms with van der Waals surface area (Å²) in [5.74, 6) is 0.641. The highest BCUT2D eigenvalue weighted by molar-refractivity contribution is 6.01. The summed E-state index contributed by atoms with van der Waals surface area (Å²) in [7, 11) is 0. The van der Waals surface area contributed by atoms with Crippen LogP contribution in [0.2, 0.25) is 0 Å². The number of fused-ring (bicyclic) bond motifs is 1. The molecule has 0 saturated carbocycles. The molecule has 2 aromatic carbocycles. The zero-order valence-electron chi connectivity index (χ0n) is 11.5. The summed E-state index contributed by atoms with van der Waals surface area (Å²) in [5, 5.41) is 6.27. The number of carbonyl (C=O) groups is 1. The van der Waals surface area contributed by atoms with Crippen molar-refractivity contribution < 1.29 is 9.53 Å². The van der Waals surface area contributed by atoms with Crippen LogP contribution in [0.25, 0.3) is 0 Å². The standard InChI is InChI=1S/C17H16N2O2/c1-2-11-21-15-10-6-4-8-13(15)16-18-14-9-5-3-7-12(14)17(20)19-16/h2-10,16,18H,1,11H2,(H,19,20)/t16-/m0/s1. The van der Waals surface area contributed by atoms with E-state index in [1.54, 1.807) is 12.1 Å². The topological polar surface area (TPSA) is 50.4 Å². The molecular formula is C17H16N2O2. The van der Waals surface area contributed by atoms with Crippen LogP contribution in [0.15, 0.2) is 61.2 Å². The first-order chi connectivity index (χ1) is 10.3. The fourth-order valence-corrected chi connectivity index (χ4v) is 2.36. The summed E-state index contributed by atoms with van der Waals surface area (Å²) in [4.78, 5) is 12.2. The first-order valence-electron chi connectivity index (χ1n) is 6.78. The first kappa shape index (κ1) is 13.2. The van der Waals surface area contributed by atoms with Crippen LogP contribution < -0.4 is 15.4 Å². The summed E-state index contributed by atoms with van der Waals surface area (Å²) in [6.07, 6.45) is 1.38. The molecule has 0 radical (unpaired) electrons. The molecule has 0 unspecified atom stereocenters. The second-order valence-electron chi connectivity index (χ2n) is 4.73. The molecule has 0 saturated heterocycles. The van der Waals surface area contributed by atoms with Gasteiger partial charge >= 0.3 is 0 Å². The molecule has 0 bridgehead atoms. The van der Waals surface area contributed by atoms with Crippen molar-refractivity contribution in [2.75, 3.05) is 11.9 Å². The summed E-state index contributed by atoms with van der Waals surface area (Å²) in [5.41, 5.74) is 2.37. The molecule has 0 spiro atoms. The molecule has 2 N–H and O–H groups in total. The number of benzene rings is 2. The first-order valence-corrected chi connectivity index (χ1v) is 6.78. The number of anilines is 1. The largest absolute Gasteiger partial charge is 0.489 e. The normalized spacial score (nSPS) is 16.4. The number of amides is 1. The zero-order chi connectivity index (χ0) is 14.7. The highest BCUT2D eigenvalue weighted by atomic mass is 16.5. The van der Waals surface area contributed by atoms with Gasteiger partial charge in [0.15, 0.2) is 0 Å². The molecule has 1 aliphatic heterocycles. The van der Waals surface area contributed by atoms with Gasteiger partial charge in [-0.15, -0.1) is 0 Å². The van der Waals surface area contributed by atoms with Crippen molar-refractivity contribution in [3.63, 3.8) is 0 Å². The van der Waals surface area contributed by atoms with Crippen LogP contribution in [0.3, 0.4) is 0 Å². The van der Waals surface area contributed by atoms with Crippen molar-refractivity contribution in [1.82, 2.24) is 5.32 Å². The molecule has 0 aromatic heterocycles. The molecule has 1 amide bonds. The van der Waals surface area contributed by atoms with Gasteiger partial charge in [-0.05, 0) is 18.2 Å². The van der Waals surface area contributed by atoms with Crippen molar-refractivity contribution in [1.29, 1.82) is 0 Å². The summed E-state index contributed by atoms with van der Waals surface area (Å²) in [6, 6.07) is 15.1. The Hall–Kier alpha value is -2.75. The molecule has 4 nitrogen and oxygen atoms in total. The van der Waals surface area contributed by atoms with E-state index in [-0.39, 0.29) is 12.1 Å². The van der Waals surface area contributed by atoms with Gasteiger partial charge in [0.05, 0.1) is 5.56 Å². The van der Waals surface area contributed by atoms with Gasteiger partial charge in [-0.1, -0.05) is 43.0 Å². The van der Waals surface area contributed by atoms with Crippen LogP contribution in [0.5, 0.6) is 5.75 Å². The van der Waals surface area contributed by atoms with Crippen molar-refractivity contribution in [2.24, 2.45) is 0 Å². The van der Waals surface area contributed by atoms with Crippen LogP contribution in [-0.4, -0.2) is 12.5 Å². The smallest absolute Gasteiger partial charge is 0.255 e. The lowest BCUT2D eigenvalue weighted by Crippen LogP contribution is -2.38. The van der Waals surface area contributed by atoms with E-state index in [1.807, 2.05) is 42.5 Å². The molecule has 1 heterocycles. The lowest BCUT2D eigenvalue weighted by atomic mass is 10.1. The summed E-state index contributed by atoms with van der Waals surface area (Å²) < 4.78 is 5.65. The highest BCUT2D eigenvalue weighted by Crippen LogP contribution is 2.31. The number of para-hydroxylation sites is 2. The average molecular weight is 280 g/mol. The Kier molecular flexibility index (Phi) is 3.60. The Balaban J connectivity index is 1.92. The minimum Gasteiger partial charge on any atom is -0.489 e. The van der Waals surface area contributed by atoms with Crippen molar-refractivity contribution in [2.45, 2.75) is 6.17 Å². The molecule has 1 atom stereocenters. The Bertz CT molecular complexity index is 682. The maximum absolute atomic E-state index is 12.2. The van der Waals surface area contributed by atoms with Crippen LogP contribution in [-0.2, 0) is 0 Å². The van der Waals surface area contributed by atoms with Crippen molar-refractivity contribution >= 4 is 11.6 Å². The Morgan fingerprint density at radius 2 is 1.86 bits per heavy atom. The van der Waals surface area contributed by atoms with Gasteiger partial charge < -0.3 is 15.4 Å². The number of ether oxygens (including phenoxy) is 1.